The Bertz CT molecular complexity index is 443. The molecule has 1 amide bonds. The molecule has 6 nitrogen and oxygen atoms in total. The van der Waals surface area contributed by atoms with Crippen molar-refractivity contribution in [1.82, 2.24) is 20.4 Å². The molecule has 2 N–H and O–H groups in total. The van der Waals surface area contributed by atoms with E-state index in [0.717, 1.165) is 51.5 Å². The van der Waals surface area contributed by atoms with Crippen LogP contribution in [0.25, 0.3) is 0 Å². The predicted molar refractivity (Wildman–Crippen MR) is 108 cm³/mol. The first kappa shape index (κ1) is 21.0. The molecule has 0 aliphatic carbocycles. The molecular weight excluding hydrogens is 326 g/mol. The molecule has 2 rings (SSSR count). The second kappa shape index (κ2) is 11.4. The Morgan fingerprint density at radius 1 is 1.15 bits per heavy atom. The maximum Gasteiger partial charge on any atom is 0.225 e. The van der Waals surface area contributed by atoms with Gasteiger partial charge in [-0.05, 0) is 52.2 Å². The number of aliphatic imine (C=N–C) groups is 1. The molecule has 2 aliphatic rings. The maximum absolute atomic E-state index is 12.1. The van der Waals surface area contributed by atoms with Crippen LogP contribution < -0.4 is 10.6 Å². The molecule has 0 aromatic rings. The van der Waals surface area contributed by atoms with Crippen LogP contribution in [0.2, 0.25) is 0 Å². The van der Waals surface area contributed by atoms with Crippen LogP contribution in [-0.2, 0) is 4.79 Å². The van der Waals surface area contributed by atoms with Gasteiger partial charge < -0.3 is 20.4 Å². The third-order valence-corrected chi connectivity index (χ3v) is 5.28. The van der Waals surface area contributed by atoms with Gasteiger partial charge in [-0.1, -0.05) is 26.7 Å². The van der Waals surface area contributed by atoms with Crippen molar-refractivity contribution < 1.29 is 4.79 Å². The summed E-state index contributed by atoms with van der Waals surface area (Å²) in [5.41, 5.74) is 0. The molecule has 2 fully saturated rings. The molecule has 2 saturated heterocycles. The van der Waals surface area contributed by atoms with Crippen molar-refractivity contribution in [3.05, 3.63) is 0 Å². The summed E-state index contributed by atoms with van der Waals surface area (Å²) in [7, 11) is 0. The summed E-state index contributed by atoms with van der Waals surface area (Å²) in [6, 6.07) is 0.307. The van der Waals surface area contributed by atoms with Gasteiger partial charge in [-0.2, -0.15) is 0 Å². The molecule has 0 saturated carbocycles. The summed E-state index contributed by atoms with van der Waals surface area (Å²) < 4.78 is 0. The SMILES string of the molecule is CCNC(=NCCCN1CCCCCC1)NC1CCN(C(=O)C(C)C)C1. The van der Waals surface area contributed by atoms with Crippen LogP contribution in [0.1, 0.15) is 59.3 Å². The van der Waals surface area contributed by atoms with Crippen LogP contribution in [0, 0.1) is 5.92 Å². The summed E-state index contributed by atoms with van der Waals surface area (Å²) >= 11 is 0. The lowest BCUT2D eigenvalue weighted by molar-refractivity contribution is -0.133. The van der Waals surface area contributed by atoms with E-state index in [2.05, 4.69) is 22.5 Å². The van der Waals surface area contributed by atoms with Gasteiger partial charge in [-0.3, -0.25) is 9.79 Å². The van der Waals surface area contributed by atoms with Gasteiger partial charge in [0, 0.05) is 38.1 Å². The van der Waals surface area contributed by atoms with E-state index in [1.165, 1.54) is 38.8 Å². The molecule has 1 atom stereocenters. The largest absolute Gasteiger partial charge is 0.357 e. The van der Waals surface area contributed by atoms with Crippen LogP contribution in [0.5, 0.6) is 0 Å². The quantitative estimate of drug-likeness (QED) is 0.412. The van der Waals surface area contributed by atoms with Crippen molar-refractivity contribution in [2.75, 3.05) is 45.8 Å². The Balaban J connectivity index is 1.73. The van der Waals surface area contributed by atoms with E-state index in [0.29, 0.717) is 6.04 Å². The van der Waals surface area contributed by atoms with Crippen molar-refractivity contribution in [2.45, 2.75) is 65.3 Å². The Labute approximate surface area is 159 Å². The number of hydrogen-bond donors (Lipinski definition) is 2. The molecule has 26 heavy (non-hydrogen) atoms. The van der Waals surface area contributed by atoms with Crippen molar-refractivity contribution in [1.29, 1.82) is 0 Å². The van der Waals surface area contributed by atoms with Crippen molar-refractivity contribution >= 4 is 11.9 Å². The summed E-state index contributed by atoms with van der Waals surface area (Å²) in [6.45, 7) is 13.1. The molecular formula is C20H39N5O. The minimum absolute atomic E-state index is 0.0784. The summed E-state index contributed by atoms with van der Waals surface area (Å²) in [5.74, 6) is 1.23. The minimum atomic E-state index is 0.0784. The van der Waals surface area contributed by atoms with E-state index in [9.17, 15) is 4.79 Å². The number of guanidine groups is 1. The Morgan fingerprint density at radius 3 is 2.54 bits per heavy atom. The lowest BCUT2D eigenvalue weighted by atomic mass is 10.2. The van der Waals surface area contributed by atoms with Gasteiger partial charge >= 0.3 is 0 Å². The number of nitrogens with one attached hydrogen (secondary N) is 2. The number of carbonyl (C=O) groups excluding carboxylic acids is 1. The van der Waals surface area contributed by atoms with E-state index in [1.54, 1.807) is 0 Å². The average molecular weight is 366 g/mol. The topological polar surface area (TPSA) is 60.0 Å². The highest BCUT2D eigenvalue weighted by molar-refractivity contribution is 5.81. The van der Waals surface area contributed by atoms with Gasteiger partial charge in [-0.15, -0.1) is 0 Å². The monoisotopic (exact) mass is 365 g/mol. The first-order chi connectivity index (χ1) is 12.6. The Morgan fingerprint density at radius 2 is 1.88 bits per heavy atom. The predicted octanol–water partition coefficient (Wildman–Crippen LogP) is 2.06. The third-order valence-electron chi connectivity index (χ3n) is 5.28. The van der Waals surface area contributed by atoms with E-state index >= 15 is 0 Å². The molecule has 0 aromatic carbocycles. The van der Waals surface area contributed by atoms with Crippen LogP contribution in [0.3, 0.4) is 0 Å². The Kier molecular flexibility index (Phi) is 9.23. The van der Waals surface area contributed by atoms with Gasteiger partial charge in [-0.25, -0.2) is 0 Å². The maximum atomic E-state index is 12.1. The Hall–Kier alpha value is -1.30. The van der Waals surface area contributed by atoms with Crippen LogP contribution in [-0.4, -0.2) is 73.5 Å². The first-order valence-corrected chi connectivity index (χ1v) is 10.7. The van der Waals surface area contributed by atoms with E-state index < -0.39 is 0 Å². The van der Waals surface area contributed by atoms with Gasteiger partial charge in [0.25, 0.3) is 0 Å². The van der Waals surface area contributed by atoms with Crippen LogP contribution in [0.15, 0.2) is 4.99 Å². The smallest absolute Gasteiger partial charge is 0.225 e. The highest BCUT2D eigenvalue weighted by Crippen LogP contribution is 2.13. The molecule has 2 heterocycles. The molecule has 0 spiro atoms. The number of nitrogens with zero attached hydrogens (tertiary/aromatic N) is 3. The number of hydrogen-bond acceptors (Lipinski definition) is 3. The normalized spacial score (nSPS) is 22.5. The zero-order chi connectivity index (χ0) is 18.8. The zero-order valence-corrected chi connectivity index (χ0v) is 17.1. The van der Waals surface area contributed by atoms with Gasteiger partial charge in [0.2, 0.25) is 5.91 Å². The van der Waals surface area contributed by atoms with Crippen molar-refractivity contribution in [3.8, 4) is 0 Å². The van der Waals surface area contributed by atoms with Gasteiger partial charge in [0.05, 0.1) is 0 Å². The number of rotatable bonds is 7. The first-order valence-electron chi connectivity index (χ1n) is 10.7. The molecule has 0 aromatic heterocycles. The van der Waals surface area contributed by atoms with E-state index in [-0.39, 0.29) is 11.8 Å². The van der Waals surface area contributed by atoms with Crippen LogP contribution in [0.4, 0.5) is 0 Å². The molecule has 6 heteroatoms. The number of amides is 1. The fourth-order valence-corrected chi connectivity index (χ4v) is 3.80. The summed E-state index contributed by atoms with van der Waals surface area (Å²) in [4.78, 5) is 21.5. The van der Waals surface area contributed by atoms with Gasteiger partial charge in [0.15, 0.2) is 5.96 Å². The highest BCUT2D eigenvalue weighted by atomic mass is 16.2. The molecule has 2 aliphatic heterocycles. The lowest BCUT2D eigenvalue weighted by Crippen LogP contribution is -2.45. The number of likely N-dealkylation sites (tertiary alicyclic amines) is 2. The second-order valence-electron chi connectivity index (χ2n) is 7.94. The fraction of sp³-hybridized carbons (Fsp3) is 0.900. The van der Waals surface area contributed by atoms with E-state index in [1.807, 2.05) is 18.7 Å². The van der Waals surface area contributed by atoms with Crippen LogP contribution >= 0.6 is 0 Å². The summed E-state index contributed by atoms with van der Waals surface area (Å²) in [6.07, 6.45) is 7.58. The molecule has 150 valence electrons. The molecule has 1 unspecified atom stereocenters. The van der Waals surface area contributed by atoms with E-state index in [4.69, 9.17) is 4.99 Å². The molecule has 0 bridgehead atoms. The highest BCUT2D eigenvalue weighted by Gasteiger charge is 2.27. The standard InChI is InChI=1S/C20H39N5O/c1-4-21-20(22-11-9-14-24-12-7-5-6-8-13-24)23-18-10-15-25(16-18)19(26)17(2)3/h17-18H,4-16H2,1-3H3,(H2,21,22,23). The summed E-state index contributed by atoms with van der Waals surface area (Å²) in [5, 5.41) is 6.87. The van der Waals surface area contributed by atoms with Crippen molar-refractivity contribution in [3.63, 3.8) is 0 Å². The molecule has 0 radical (unpaired) electrons. The zero-order valence-electron chi connectivity index (χ0n) is 17.1. The average Bonchev–Trinajstić information content (AvgIpc) is 2.92. The number of carbonyl (C=O) groups is 1. The third kappa shape index (κ3) is 7.14. The fourth-order valence-electron chi connectivity index (χ4n) is 3.80. The minimum Gasteiger partial charge on any atom is -0.357 e. The van der Waals surface area contributed by atoms with Gasteiger partial charge in [0.1, 0.15) is 0 Å². The lowest BCUT2D eigenvalue weighted by Gasteiger charge is -2.21. The second-order valence-corrected chi connectivity index (χ2v) is 7.94. The van der Waals surface area contributed by atoms with Crippen molar-refractivity contribution in [2.24, 2.45) is 10.9 Å².